The summed E-state index contributed by atoms with van der Waals surface area (Å²) in [5, 5.41) is 3.38. The van der Waals surface area contributed by atoms with Crippen molar-refractivity contribution in [2.75, 3.05) is 26.2 Å². The van der Waals surface area contributed by atoms with Gasteiger partial charge >= 0.3 is 0 Å². The van der Waals surface area contributed by atoms with Crippen LogP contribution in [0.4, 0.5) is 0 Å². The topological polar surface area (TPSA) is 15.3 Å². The molecule has 0 aliphatic carbocycles. The molecule has 1 saturated heterocycles. The van der Waals surface area contributed by atoms with Crippen LogP contribution < -0.4 is 5.32 Å². The van der Waals surface area contributed by atoms with Crippen molar-refractivity contribution in [1.29, 1.82) is 0 Å². The molecule has 3 heteroatoms. The molecule has 1 N–H and O–H groups in total. The molecule has 0 aromatic heterocycles. The first-order chi connectivity index (χ1) is 8.29. The zero-order chi connectivity index (χ0) is 12.1. The molecule has 1 aromatic rings. The first-order valence-electron chi connectivity index (χ1n) is 6.53. The van der Waals surface area contributed by atoms with Crippen LogP contribution in [0.15, 0.2) is 29.2 Å². The van der Waals surface area contributed by atoms with Crippen LogP contribution in [0, 0.1) is 0 Å². The van der Waals surface area contributed by atoms with E-state index in [0.29, 0.717) is 5.92 Å². The number of hydrogen-bond acceptors (Lipinski definition) is 3. The highest BCUT2D eigenvalue weighted by molar-refractivity contribution is 7.97. The number of nitrogens with zero attached hydrogens (tertiary/aromatic N) is 1. The third-order valence-electron chi connectivity index (χ3n) is 3.35. The highest BCUT2D eigenvalue weighted by atomic mass is 32.2. The molecule has 1 unspecified atom stereocenters. The SMILES string of the molecule is CCC(C)c1cccc(SN2CCNCC2)c1. The van der Waals surface area contributed by atoms with Crippen molar-refractivity contribution >= 4 is 11.9 Å². The molecule has 94 valence electrons. The predicted octanol–water partition coefficient (Wildman–Crippen LogP) is 3.11. The quantitative estimate of drug-likeness (QED) is 0.827. The fraction of sp³-hybridized carbons (Fsp3) is 0.571. The van der Waals surface area contributed by atoms with Crippen molar-refractivity contribution in [2.24, 2.45) is 0 Å². The molecule has 0 spiro atoms. The van der Waals surface area contributed by atoms with Gasteiger partial charge in [0.2, 0.25) is 0 Å². The van der Waals surface area contributed by atoms with E-state index in [-0.39, 0.29) is 0 Å². The number of piperazine rings is 1. The lowest BCUT2D eigenvalue weighted by molar-refractivity contribution is 0.396. The zero-order valence-corrected chi connectivity index (χ0v) is 11.6. The highest BCUT2D eigenvalue weighted by Crippen LogP contribution is 2.27. The molecule has 17 heavy (non-hydrogen) atoms. The average Bonchev–Trinajstić information content (AvgIpc) is 2.39. The molecular weight excluding hydrogens is 228 g/mol. The van der Waals surface area contributed by atoms with E-state index in [0.717, 1.165) is 26.2 Å². The molecule has 1 aliphatic rings. The summed E-state index contributed by atoms with van der Waals surface area (Å²) in [6, 6.07) is 9.00. The molecule has 0 radical (unpaired) electrons. The second kappa shape index (κ2) is 6.43. The van der Waals surface area contributed by atoms with Gasteiger partial charge in [-0.1, -0.05) is 26.0 Å². The molecule has 1 aliphatic heterocycles. The van der Waals surface area contributed by atoms with Crippen LogP contribution in [0.3, 0.4) is 0 Å². The van der Waals surface area contributed by atoms with Crippen molar-refractivity contribution in [3.63, 3.8) is 0 Å². The maximum absolute atomic E-state index is 3.38. The molecule has 1 atom stereocenters. The van der Waals surface area contributed by atoms with Crippen molar-refractivity contribution < 1.29 is 0 Å². The molecule has 0 amide bonds. The van der Waals surface area contributed by atoms with Crippen LogP contribution in [0.1, 0.15) is 31.7 Å². The van der Waals surface area contributed by atoms with E-state index >= 15 is 0 Å². The van der Waals surface area contributed by atoms with E-state index in [1.54, 1.807) is 0 Å². The van der Waals surface area contributed by atoms with E-state index in [2.05, 4.69) is 47.7 Å². The smallest absolute Gasteiger partial charge is 0.0233 e. The lowest BCUT2D eigenvalue weighted by Crippen LogP contribution is -2.39. The van der Waals surface area contributed by atoms with Gasteiger partial charge in [0.25, 0.3) is 0 Å². The summed E-state index contributed by atoms with van der Waals surface area (Å²) in [7, 11) is 0. The molecule has 1 heterocycles. The number of hydrogen-bond donors (Lipinski definition) is 1. The summed E-state index contributed by atoms with van der Waals surface area (Å²) in [5.74, 6) is 0.665. The van der Waals surface area contributed by atoms with Gasteiger partial charge in [-0.15, -0.1) is 0 Å². The first-order valence-corrected chi connectivity index (χ1v) is 7.30. The Balaban J connectivity index is 2.00. The maximum Gasteiger partial charge on any atom is 0.0233 e. The van der Waals surface area contributed by atoms with E-state index in [9.17, 15) is 0 Å². The Morgan fingerprint density at radius 2 is 2.12 bits per heavy atom. The minimum Gasteiger partial charge on any atom is -0.314 e. The van der Waals surface area contributed by atoms with Crippen molar-refractivity contribution in [2.45, 2.75) is 31.1 Å². The Morgan fingerprint density at radius 3 is 2.82 bits per heavy atom. The molecule has 1 fully saturated rings. The van der Waals surface area contributed by atoms with E-state index in [4.69, 9.17) is 0 Å². The summed E-state index contributed by atoms with van der Waals surface area (Å²) in [4.78, 5) is 1.38. The Labute approximate surface area is 109 Å². The van der Waals surface area contributed by atoms with Crippen LogP contribution in [-0.2, 0) is 0 Å². The van der Waals surface area contributed by atoms with Crippen LogP contribution in [-0.4, -0.2) is 30.5 Å². The van der Waals surface area contributed by atoms with E-state index in [1.165, 1.54) is 16.9 Å². The Kier molecular flexibility index (Phi) is 4.89. The summed E-state index contributed by atoms with van der Waals surface area (Å²) >= 11 is 1.90. The lowest BCUT2D eigenvalue weighted by atomic mass is 9.99. The van der Waals surface area contributed by atoms with Crippen molar-refractivity contribution in [1.82, 2.24) is 9.62 Å². The van der Waals surface area contributed by atoms with Crippen LogP contribution in [0.25, 0.3) is 0 Å². The van der Waals surface area contributed by atoms with Gasteiger partial charge in [-0.25, -0.2) is 4.31 Å². The lowest BCUT2D eigenvalue weighted by Gasteiger charge is -2.26. The minimum atomic E-state index is 0.665. The molecule has 1 aromatic carbocycles. The van der Waals surface area contributed by atoms with Gasteiger partial charge in [0, 0.05) is 31.1 Å². The summed E-state index contributed by atoms with van der Waals surface area (Å²) < 4.78 is 2.45. The third-order valence-corrected chi connectivity index (χ3v) is 4.44. The normalized spacial score (nSPS) is 19.2. The van der Waals surface area contributed by atoms with Gasteiger partial charge < -0.3 is 5.32 Å². The first kappa shape index (κ1) is 12.9. The molecule has 2 nitrogen and oxygen atoms in total. The third kappa shape index (κ3) is 3.73. The fourth-order valence-corrected chi connectivity index (χ4v) is 2.99. The Bertz CT molecular complexity index is 348. The number of nitrogens with one attached hydrogen (secondary N) is 1. The number of rotatable bonds is 4. The fourth-order valence-electron chi connectivity index (χ4n) is 2.00. The Hall–Kier alpha value is -0.510. The molecule has 0 bridgehead atoms. The molecule has 0 saturated carbocycles. The maximum atomic E-state index is 3.38. The largest absolute Gasteiger partial charge is 0.314 e. The molecule has 2 rings (SSSR count). The second-order valence-electron chi connectivity index (χ2n) is 4.65. The van der Waals surface area contributed by atoms with Gasteiger partial charge in [0.1, 0.15) is 0 Å². The monoisotopic (exact) mass is 250 g/mol. The molecular formula is C14H22N2S. The summed E-state index contributed by atoms with van der Waals surface area (Å²) in [6.45, 7) is 9.04. The van der Waals surface area contributed by atoms with Crippen LogP contribution >= 0.6 is 11.9 Å². The number of benzene rings is 1. The minimum absolute atomic E-state index is 0.665. The van der Waals surface area contributed by atoms with Gasteiger partial charge in [0.05, 0.1) is 0 Å². The van der Waals surface area contributed by atoms with E-state index < -0.39 is 0 Å². The average molecular weight is 250 g/mol. The zero-order valence-electron chi connectivity index (χ0n) is 10.8. The van der Waals surface area contributed by atoms with Crippen LogP contribution in [0.2, 0.25) is 0 Å². The predicted molar refractivity (Wildman–Crippen MR) is 75.4 cm³/mol. The van der Waals surface area contributed by atoms with Gasteiger partial charge in [-0.05, 0) is 42.0 Å². The summed E-state index contributed by atoms with van der Waals surface area (Å²) in [6.07, 6.45) is 1.21. The van der Waals surface area contributed by atoms with Crippen molar-refractivity contribution in [3.05, 3.63) is 29.8 Å². The van der Waals surface area contributed by atoms with Gasteiger partial charge in [0.15, 0.2) is 0 Å². The van der Waals surface area contributed by atoms with Gasteiger partial charge in [-0.3, -0.25) is 0 Å². The summed E-state index contributed by atoms with van der Waals surface area (Å²) in [5.41, 5.74) is 1.47. The van der Waals surface area contributed by atoms with E-state index in [1.807, 2.05) is 11.9 Å². The van der Waals surface area contributed by atoms with Crippen molar-refractivity contribution in [3.8, 4) is 0 Å². The Morgan fingerprint density at radius 1 is 1.35 bits per heavy atom. The van der Waals surface area contributed by atoms with Gasteiger partial charge in [-0.2, -0.15) is 0 Å². The highest BCUT2D eigenvalue weighted by Gasteiger charge is 2.11. The van der Waals surface area contributed by atoms with Crippen LogP contribution in [0.5, 0.6) is 0 Å². The second-order valence-corrected chi connectivity index (χ2v) is 5.82. The standard InChI is InChI=1S/C14H22N2S/c1-3-12(2)13-5-4-6-14(11-13)17-16-9-7-15-8-10-16/h4-6,11-12,15H,3,7-10H2,1-2H3.